The topological polar surface area (TPSA) is 80.2 Å². The van der Waals surface area contributed by atoms with Crippen molar-refractivity contribution in [3.05, 3.63) is 53.6 Å². The summed E-state index contributed by atoms with van der Waals surface area (Å²) in [6.45, 7) is 1.95. The molecule has 1 aliphatic heterocycles. The summed E-state index contributed by atoms with van der Waals surface area (Å²) in [6.07, 6.45) is 0.662. The third-order valence-electron chi connectivity index (χ3n) is 4.39. The van der Waals surface area contributed by atoms with Crippen LogP contribution >= 0.6 is 11.8 Å². The maximum atomic E-state index is 12.3. The largest absolute Gasteiger partial charge is 0.493 e. The summed E-state index contributed by atoms with van der Waals surface area (Å²) in [4.78, 5) is 23.4. The van der Waals surface area contributed by atoms with E-state index in [1.807, 2.05) is 42.5 Å². The van der Waals surface area contributed by atoms with Gasteiger partial charge in [0.1, 0.15) is 0 Å². The summed E-state index contributed by atoms with van der Waals surface area (Å²) in [6, 6.07) is 13.2. The predicted molar refractivity (Wildman–Crippen MR) is 115 cm³/mol. The Morgan fingerprint density at radius 2 is 1.86 bits per heavy atom. The molecule has 2 aromatic carbocycles. The van der Waals surface area contributed by atoms with Gasteiger partial charge in [-0.15, -0.1) is 0 Å². The fourth-order valence-corrected chi connectivity index (χ4v) is 3.68. The number of nitrogens with one attached hydrogen (secondary N) is 1. The lowest BCUT2D eigenvalue weighted by molar-refractivity contribution is -0.114. The van der Waals surface area contributed by atoms with Gasteiger partial charge in [-0.1, -0.05) is 23.9 Å². The summed E-state index contributed by atoms with van der Waals surface area (Å²) in [5.41, 5.74) is 3.52. The molecule has 2 aromatic rings. The number of benzene rings is 2. The standard InChI is InChI=1S/C21H23N3O4S/c1-14(25)22-17-7-4-15(5-8-17)10-11-24-21(26)29-13-18(23-24)16-6-9-19(27-2)20(12-16)28-3/h4-9,12H,10-11,13H2,1-3H3,(H,22,25). The molecule has 2 amide bonds. The molecule has 0 saturated heterocycles. The van der Waals surface area contributed by atoms with Crippen LogP contribution in [0, 0.1) is 0 Å². The number of hydrazone groups is 1. The zero-order chi connectivity index (χ0) is 20.8. The SMILES string of the molecule is COc1ccc(C2=NN(CCc3ccc(NC(C)=O)cc3)C(=O)SC2)cc1OC. The van der Waals surface area contributed by atoms with Crippen LogP contribution in [0.2, 0.25) is 0 Å². The van der Waals surface area contributed by atoms with Gasteiger partial charge in [-0.2, -0.15) is 5.10 Å². The van der Waals surface area contributed by atoms with E-state index in [9.17, 15) is 9.59 Å². The van der Waals surface area contributed by atoms with E-state index in [1.165, 1.54) is 23.7 Å². The number of hydrogen-bond donors (Lipinski definition) is 1. The van der Waals surface area contributed by atoms with Gasteiger partial charge < -0.3 is 14.8 Å². The lowest BCUT2D eigenvalue weighted by Gasteiger charge is -2.23. The Hall–Kier alpha value is -3.00. The van der Waals surface area contributed by atoms with E-state index in [1.54, 1.807) is 14.2 Å². The molecule has 8 heteroatoms. The molecule has 0 unspecified atom stereocenters. The van der Waals surface area contributed by atoms with Crippen molar-refractivity contribution in [2.24, 2.45) is 5.10 Å². The second-order valence-corrected chi connectivity index (χ2v) is 7.35. The van der Waals surface area contributed by atoms with E-state index in [0.717, 1.165) is 22.5 Å². The van der Waals surface area contributed by atoms with Crippen molar-refractivity contribution in [2.75, 3.05) is 31.8 Å². The molecule has 1 heterocycles. The number of thioether (sulfide) groups is 1. The first-order chi connectivity index (χ1) is 14.0. The molecule has 0 bridgehead atoms. The van der Waals surface area contributed by atoms with Crippen molar-refractivity contribution in [3.63, 3.8) is 0 Å². The molecule has 0 fully saturated rings. The Balaban J connectivity index is 1.70. The minimum atomic E-state index is -0.106. The number of anilines is 1. The Morgan fingerprint density at radius 3 is 2.52 bits per heavy atom. The molecule has 0 atom stereocenters. The van der Waals surface area contributed by atoms with Crippen molar-refractivity contribution in [1.29, 1.82) is 0 Å². The number of carbonyl (C=O) groups excluding carboxylic acids is 2. The van der Waals surface area contributed by atoms with Gasteiger partial charge in [-0.25, -0.2) is 5.01 Å². The van der Waals surface area contributed by atoms with Crippen LogP contribution in [0.3, 0.4) is 0 Å². The normalized spacial score (nSPS) is 13.7. The van der Waals surface area contributed by atoms with E-state index in [-0.39, 0.29) is 11.1 Å². The highest BCUT2D eigenvalue weighted by Gasteiger charge is 2.22. The Morgan fingerprint density at radius 1 is 1.14 bits per heavy atom. The van der Waals surface area contributed by atoms with Gasteiger partial charge in [0.25, 0.3) is 0 Å². The second-order valence-electron chi connectivity index (χ2n) is 6.42. The van der Waals surface area contributed by atoms with E-state index < -0.39 is 0 Å². The van der Waals surface area contributed by atoms with Crippen LogP contribution in [0.25, 0.3) is 0 Å². The van der Waals surface area contributed by atoms with Crippen molar-refractivity contribution >= 4 is 34.3 Å². The van der Waals surface area contributed by atoms with E-state index >= 15 is 0 Å². The van der Waals surface area contributed by atoms with Gasteiger partial charge in [-0.05, 0) is 42.3 Å². The zero-order valence-electron chi connectivity index (χ0n) is 16.6. The minimum absolute atomic E-state index is 0.0657. The third kappa shape index (κ3) is 5.29. The fraction of sp³-hybridized carbons (Fsp3) is 0.286. The lowest BCUT2D eigenvalue weighted by Crippen LogP contribution is -2.31. The highest BCUT2D eigenvalue weighted by Crippen LogP contribution is 2.29. The Kier molecular flexibility index (Phi) is 6.77. The highest BCUT2D eigenvalue weighted by molar-refractivity contribution is 8.14. The minimum Gasteiger partial charge on any atom is -0.493 e. The van der Waals surface area contributed by atoms with E-state index in [2.05, 4.69) is 10.4 Å². The first kappa shape index (κ1) is 20.7. The summed E-state index contributed by atoms with van der Waals surface area (Å²) in [5.74, 6) is 1.68. The average molecular weight is 413 g/mol. The summed E-state index contributed by atoms with van der Waals surface area (Å²) < 4.78 is 10.6. The maximum Gasteiger partial charge on any atom is 0.302 e. The summed E-state index contributed by atoms with van der Waals surface area (Å²) >= 11 is 1.23. The van der Waals surface area contributed by atoms with Gasteiger partial charge in [-0.3, -0.25) is 9.59 Å². The van der Waals surface area contributed by atoms with Crippen LogP contribution in [0.15, 0.2) is 47.6 Å². The number of ether oxygens (including phenoxy) is 2. The molecule has 7 nitrogen and oxygen atoms in total. The summed E-state index contributed by atoms with van der Waals surface area (Å²) in [7, 11) is 3.18. The van der Waals surface area contributed by atoms with Crippen molar-refractivity contribution in [3.8, 4) is 11.5 Å². The number of amides is 2. The van der Waals surface area contributed by atoms with Crippen LogP contribution in [-0.4, -0.2) is 48.4 Å². The molecule has 0 radical (unpaired) electrons. The quantitative estimate of drug-likeness (QED) is 0.747. The van der Waals surface area contributed by atoms with Crippen LogP contribution in [-0.2, 0) is 11.2 Å². The Bertz CT molecular complexity index is 928. The smallest absolute Gasteiger partial charge is 0.302 e. The zero-order valence-corrected chi connectivity index (χ0v) is 17.4. The van der Waals surface area contributed by atoms with Crippen molar-refractivity contribution in [1.82, 2.24) is 5.01 Å². The molecular formula is C21H23N3O4S. The molecule has 1 aliphatic rings. The first-order valence-corrected chi connectivity index (χ1v) is 10.1. The highest BCUT2D eigenvalue weighted by atomic mass is 32.2. The maximum absolute atomic E-state index is 12.3. The molecular weight excluding hydrogens is 390 g/mol. The number of rotatable bonds is 7. The van der Waals surface area contributed by atoms with E-state index in [4.69, 9.17) is 9.47 Å². The van der Waals surface area contributed by atoms with Crippen LogP contribution < -0.4 is 14.8 Å². The number of hydrogen-bond acceptors (Lipinski definition) is 6. The van der Waals surface area contributed by atoms with Crippen LogP contribution in [0.1, 0.15) is 18.1 Å². The van der Waals surface area contributed by atoms with Gasteiger partial charge in [0.2, 0.25) is 5.91 Å². The second kappa shape index (κ2) is 9.47. The lowest BCUT2D eigenvalue weighted by atomic mass is 10.1. The number of methoxy groups -OCH3 is 2. The molecule has 0 saturated carbocycles. The molecule has 29 heavy (non-hydrogen) atoms. The monoisotopic (exact) mass is 413 g/mol. The molecule has 0 aromatic heterocycles. The van der Waals surface area contributed by atoms with Gasteiger partial charge in [0.05, 0.1) is 19.9 Å². The number of carbonyl (C=O) groups is 2. The third-order valence-corrected chi connectivity index (χ3v) is 5.26. The van der Waals surface area contributed by atoms with Crippen molar-refractivity contribution in [2.45, 2.75) is 13.3 Å². The summed E-state index contributed by atoms with van der Waals surface area (Å²) in [5, 5.41) is 8.74. The molecule has 152 valence electrons. The van der Waals surface area contributed by atoms with Crippen LogP contribution in [0.4, 0.5) is 10.5 Å². The fourth-order valence-electron chi connectivity index (χ4n) is 2.91. The molecule has 3 rings (SSSR count). The number of nitrogens with zero attached hydrogens (tertiary/aromatic N) is 2. The van der Waals surface area contributed by atoms with Crippen molar-refractivity contribution < 1.29 is 19.1 Å². The van der Waals surface area contributed by atoms with Crippen LogP contribution in [0.5, 0.6) is 11.5 Å². The molecule has 1 N–H and O–H groups in total. The molecule has 0 spiro atoms. The molecule has 0 aliphatic carbocycles. The predicted octanol–water partition coefficient (Wildman–Crippen LogP) is 3.78. The average Bonchev–Trinajstić information content (AvgIpc) is 2.73. The van der Waals surface area contributed by atoms with Gasteiger partial charge in [0.15, 0.2) is 11.5 Å². The first-order valence-electron chi connectivity index (χ1n) is 9.11. The van der Waals surface area contributed by atoms with Gasteiger partial charge in [0, 0.05) is 30.5 Å². The van der Waals surface area contributed by atoms with E-state index in [0.29, 0.717) is 30.2 Å². The van der Waals surface area contributed by atoms with Gasteiger partial charge >= 0.3 is 5.24 Å². The Labute approximate surface area is 174 Å².